The van der Waals surface area contributed by atoms with Crippen LogP contribution in [0.15, 0.2) is 12.4 Å². The van der Waals surface area contributed by atoms with Crippen molar-refractivity contribution < 1.29 is 9.47 Å². The van der Waals surface area contributed by atoms with Crippen molar-refractivity contribution in [3.63, 3.8) is 0 Å². The van der Waals surface area contributed by atoms with Gasteiger partial charge in [-0.1, -0.05) is 0 Å². The molecule has 0 unspecified atom stereocenters. The SMILES string of the molecule is CN(C)c1cnc(-c2nc(N3CCOCC3)c3nc4n(c3n2)CCOC4(C)C)cn1. The number of aromatic nitrogens is 6. The van der Waals surface area contributed by atoms with Gasteiger partial charge in [0.05, 0.1) is 32.2 Å². The molecular weight excluding hydrogens is 384 g/mol. The molecule has 30 heavy (non-hydrogen) atoms. The highest BCUT2D eigenvalue weighted by Crippen LogP contribution is 2.34. The Morgan fingerprint density at radius 3 is 2.47 bits per heavy atom. The number of rotatable bonds is 3. The lowest BCUT2D eigenvalue weighted by atomic mass is 10.1. The third-order valence-electron chi connectivity index (χ3n) is 5.53. The number of fused-ring (bicyclic) bond motifs is 3. The number of anilines is 2. The molecule has 10 heteroatoms. The molecular formula is C20H26N8O2. The highest BCUT2D eigenvalue weighted by atomic mass is 16.5. The van der Waals surface area contributed by atoms with Gasteiger partial charge in [0.25, 0.3) is 0 Å². The summed E-state index contributed by atoms with van der Waals surface area (Å²) in [5.41, 5.74) is 1.77. The van der Waals surface area contributed by atoms with E-state index in [9.17, 15) is 0 Å². The molecule has 3 aromatic heterocycles. The summed E-state index contributed by atoms with van der Waals surface area (Å²) in [6, 6.07) is 0. The Hall–Kier alpha value is -2.85. The first-order valence-electron chi connectivity index (χ1n) is 10.2. The van der Waals surface area contributed by atoms with Crippen LogP contribution in [0.1, 0.15) is 19.7 Å². The van der Waals surface area contributed by atoms with E-state index in [4.69, 9.17) is 24.4 Å². The third-order valence-corrected chi connectivity index (χ3v) is 5.53. The van der Waals surface area contributed by atoms with E-state index in [-0.39, 0.29) is 0 Å². The van der Waals surface area contributed by atoms with Gasteiger partial charge >= 0.3 is 0 Å². The van der Waals surface area contributed by atoms with E-state index in [1.807, 2.05) is 32.8 Å². The molecule has 0 aliphatic carbocycles. The maximum Gasteiger partial charge on any atom is 0.184 e. The molecule has 2 aliphatic rings. The van der Waals surface area contributed by atoms with E-state index in [1.54, 1.807) is 12.4 Å². The molecule has 3 aromatic rings. The average molecular weight is 410 g/mol. The van der Waals surface area contributed by atoms with Crippen molar-refractivity contribution in [2.24, 2.45) is 0 Å². The van der Waals surface area contributed by atoms with E-state index in [0.717, 1.165) is 41.7 Å². The fourth-order valence-electron chi connectivity index (χ4n) is 3.89. The van der Waals surface area contributed by atoms with Crippen molar-refractivity contribution in [3.05, 3.63) is 18.2 Å². The average Bonchev–Trinajstić information content (AvgIpc) is 3.14. The second-order valence-electron chi connectivity index (χ2n) is 8.24. The van der Waals surface area contributed by atoms with Gasteiger partial charge in [-0.15, -0.1) is 0 Å². The lowest BCUT2D eigenvalue weighted by Crippen LogP contribution is -2.37. The second kappa shape index (κ2) is 7.13. The number of morpholine rings is 1. The van der Waals surface area contributed by atoms with Gasteiger partial charge in [0.1, 0.15) is 22.9 Å². The van der Waals surface area contributed by atoms with Crippen molar-refractivity contribution in [1.82, 2.24) is 29.5 Å². The zero-order valence-electron chi connectivity index (χ0n) is 17.8. The van der Waals surface area contributed by atoms with Crippen molar-refractivity contribution in [1.29, 1.82) is 0 Å². The first-order chi connectivity index (χ1) is 14.4. The standard InChI is InChI=1S/C20H26N8O2/c1-20(2)19-23-15-17(27-5-8-29-9-6-27)24-16(25-18(15)28(19)7-10-30-20)13-11-22-14(12-21-13)26(3)4/h11-12H,5-10H2,1-4H3. The number of imidazole rings is 1. The summed E-state index contributed by atoms with van der Waals surface area (Å²) in [6.07, 6.45) is 3.46. The van der Waals surface area contributed by atoms with Gasteiger partial charge in [-0.3, -0.25) is 0 Å². The van der Waals surface area contributed by atoms with Gasteiger partial charge in [-0.05, 0) is 13.8 Å². The molecule has 0 saturated carbocycles. The zero-order chi connectivity index (χ0) is 20.9. The number of nitrogens with zero attached hydrogens (tertiary/aromatic N) is 8. The van der Waals surface area contributed by atoms with Crippen LogP contribution in [0.25, 0.3) is 22.7 Å². The smallest absolute Gasteiger partial charge is 0.184 e. The Bertz CT molecular complexity index is 1070. The normalized spacial score (nSPS) is 18.5. The second-order valence-corrected chi connectivity index (χ2v) is 8.24. The summed E-state index contributed by atoms with van der Waals surface area (Å²) in [4.78, 5) is 27.9. The largest absolute Gasteiger partial charge is 0.378 e. The van der Waals surface area contributed by atoms with Gasteiger partial charge in [0.2, 0.25) is 0 Å². The molecule has 0 radical (unpaired) electrons. The Morgan fingerprint density at radius 2 is 1.77 bits per heavy atom. The molecule has 5 heterocycles. The number of hydrogen-bond acceptors (Lipinski definition) is 9. The Balaban J connectivity index is 1.70. The molecule has 0 bridgehead atoms. The molecule has 1 fully saturated rings. The molecule has 0 amide bonds. The van der Waals surface area contributed by atoms with Gasteiger partial charge in [-0.2, -0.15) is 0 Å². The van der Waals surface area contributed by atoms with Crippen molar-refractivity contribution >= 4 is 22.8 Å². The maximum absolute atomic E-state index is 5.97. The first kappa shape index (κ1) is 19.1. The fraction of sp³-hybridized carbons (Fsp3) is 0.550. The minimum Gasteiger partial charge on any atom is -0.378 e. The highest BCUT2D eigenvalue weighted by molar-refractivity contribution is 5.86. The first-order valence-corrected chi connectivity index (χ1v) is 10.2. The van der Waals surface area contributed by atoms with Crippen LogP contribution in [0.3, 0.4) is 0 Å². The Morgan fingerprint density at radius 1 is 0.967 bits per heavy atom. The summed E-state index contributed by atoms with van der Waals surface area (Å²) in [5, 5.41) is 0. The summed E-state index contributed by atoms with van der Waals surface area (Å²) < 4.78 is 13.7. The summed E-state index contributed by atoms with van der Waals surface area (Å²) in [6.45, 7) is 8.27. The molecule has 5 rings (SSSR count). The molecule has 0 aromatic carbocycles. The molecule has 0 spiro atoms. The van der Waals surface area contributed by atoms with E-state index in [0.29, 0.717) is 37.9 Å². The van der Waals surface area contributed by atoms with Gasteiger partial charge in [-0.25, -0.2) is 24.9 Å². The van der Waals surface area contributed by atoms with Crippen molar-refractivity contribution in [3.8, 4) is 11.5 Å². The van der Waals surface area contributed by atoms with Gasteiger partial charge < -0.3 is 23.8 Å². The maximum atomic E-state index is 5.97. The number of hydrogen-bond donors (Lipinski definition) is 0. The quantitative estimate of drug-likeness (QED) is 0.636. The minimum absolute atomic E-state index is 0.478. The molecule has 158 valence electrons. The van der Waals surface area contributed by atoms with Crippen LogP contribution < -0.4 is 9.80 Å². The van der Waals surface area contributed by atoms with Gasteiger partial charge in [0, 0.05) is 33.7 Å². The highest BCUT2D eigenvalue weighted by Gasteiger charge is 2.34. The zero-order valence-corrected chi connectivity index (χ0v) is 17.8. The predicted molar refractivity (Wildman–Crippen MR) is 113 cm³/mol. The van der Waals surface area contributed by atoms with E-state index >= 15 is 0 Å². The summed E-state index contributed by atoms with van der Waals surface area (Å²) >= 11 is 0. The minimum atomic E-state index is -0.478. The third kappa shape index (κ3) is 3.16. The van der Waals surface area contributed by atoms with Gasteiger partial charge in [0.15, 0.2) is 22.8 Å². The number of ether oxygens (including phenoxy) is 2. The molecule has 2 aliphatic heterocycles. The van der Waals surface area contributed by atoms with Crippen LogP contribution >= 0.6 is 0 Å². The summed E-state index contributed by atoms with van der Waals surface area (Å²) in [7, 11) is 3.87. The van der Waals surface area contributed by atoms with Crippen LogP contribution in [0.2, 0.25) is 0 Å². The summed E-state index contributed by atoms with van der Waals surface area (Å²) in [5.74, 6) is 3.02. The Labute approximate surface area is 174 Å². The fourth-order valence-corrected chi connectivity index (χ4v) is 3.89. The van der Waals surface area contributed by atoms with Crippen LogP contribution in [0.4, 0.5) is 11.6 Å². The van der Waals surface area contributed by atoms with Crippen LogP contribution in [-0.4, -0.2) is 76.5 Å². The molecule has 0 atom stereocenters. The molecule has 0 N–H and O–H groups in total. The Kier molecular flexibility index (Phi) is 4.55. The van der Waals surface area contributed by atoms with E-state index < -0.39 is 5.60 Å². The topological polar surface area (TPSA) is 94.3 Å². The van der Waals surface area contributed by atoms with E-state index in [2.05, 4.69) is 19.4 Å². The monoisotopic (exact) mass is 410 g/mol. The predicted octanol–water partition coefficient (Wildman–Crippen LogP) is 1.45. The van der Waals surface area contributed by atoms with Crippen LogP contribution in [-0.2, 0) is 21.6 Å². The van der Waals surface area contributed by atoms with E-state index in [1.165, 1.54) is 0 Å². The van der Waals surface area contributed by atoms with Crippen LogP contribution in [0.5, 0.6) is 0 Å². The molecule has 10 nitrogen and oxygen atoms in total. The molecule has 1 saturated heterocycles. The van der Waals surface area contributed by atoms with Crippen LogP contribution in [0, 0.1) is 0 Å². The lowest BCUT2D eigenvalue weighted by Gasteiger charge is -2.30. The van der Waals surface area contributed by atoms with Crippen molar-refractivity contribution in [2.75, 3.05) is 56.8 Å². The van der Waals surface area contributed by atoms with Crippen molar-refractivity contribution in [2.45, 2.75) is 26.0 Å². The lowest BCUT2D eigenvalue weighted by molar-refractivity contribution is -0.0530.